The number of rotatable bonds is 24. The van der Waals surface area contributed by atoms with E-state index in [1.807, 2.05) is 6.07 Å². The number of nitrogens with one attached hydrogen (secondary N) is 5. The summed E-state index contributed by atoms with van der Waals surface area (Å²) in [5.74, 6) is -6.49. The van der Waals surface area contributed by atoms with E-state index >= 15 is 0 Å². The van der Waals surface area contributed by atoms with Gasteiger partial charge in [0.15, 0.2) is 23.0 Å². The van der Waals surface area contributed by atoms with Gasteiger partial charge in [-0.25, -0.2) is 53.5 Å². The molecule has 2 amide bonds. The van der Waals surface area contributed by atoms with Crippen LogP contribution in [0.25, 0.3) is 20.9 Å². The quantitative estimate of drug-likeness (QED) is 0.0229. The maximum atomic E-state index is 14.6. The number of aliphatic carboxylic acids is 2. The predicted molar refractivity (Wildman–Crippen MR) is 316 cm³/mol. The number of para-hydroxylation sites is 2. The van der Waals surface area contributed by atoms with Gasteiger partial charge in [-0.1, -0.05) is 60.7 Å². The van der Waals surface area contributed by atoms with E-state index in [1.54, 1.807) is 92.7 Å². The molecule has 0 atom stereocenters. The van der Waals surface area contributed by atoms with E-state index in [0.29, 0.717) is 88.7 Å². The van der Waals surface area contributed by atoms with E-state index in [1.165, 1.54) is 26.8 Å². The average Bonchev–Trinajstić information content (AvgIpc) is 4.05. The fourth-order valence-electron chi connectivity index (χ4n) is 9.59. The largest absolute Gasteiger partial charge is 0.480 e. The second-order valence-corrected chi connectivity index (χ2v) is 27.1. The summed E-state index contributed by atoms with van der Waals surface area (Å²) in [5.41, 5.74) is 3.39. The normalized spacial score (nSPS) is 14.5. The van der Waals surface area contributed by atoms with E-state index < -0.39 is 85.0 Å². The first-order valence-corrected chi connectivity index (χ1v) is 32.8. The van der Waals surface area contributed by atoms with Crippen molar-refractivity contribution < 1.29 is 73.6 Å². The molecule has 0 unspecified atom stereocenters. The zero-order chi connectivity index (χ0) is 59.6. The Balaban J connectivity index is 1.01. The Morgan fingerprint density at radius 3 is 2.02 bits per heavy atom. The zero-order valence-electron chi connectivity index (χ0n) is 45.2. The van der Waals surface area contributed by atoms with Crippen molar-refractivity contribution in [2.75, 3.05) is 71.9 Å². The van der Waals surface area contributed by atoms with Crippen molar-refractivity contribution in [1.82, 2.24) is 14.9 Å². The van der Waals surface area contributed by atoms with Crippen molar-refractivity contribution in [1.29, 1.82) is 0 Å². The Hall–Kier alpha value is -7.60. The number of urea groups is 1. The third-order valence-corrected chi connectivity index (χ3v) is 19.9. The molecule has 28 heteroatoms. The van der Waals surface area contributed by atoms with Gasteiger partial charge in [-0.2, -0.15) is 0 Å². The van der Waals surface area contributed by atoms with Gasteiger partial charge in [-0.3, -0.25) is 9.03 Å². The molecule has 2 fully saturated rings. The highest BCUT2D eigenvalue weighted by Crippen LogP contribution is 2.44. The molecule has 8 rings (SSSR count). The number of piperidine rings is 2. The van der Waals surface area contributed by atoms with Gasteiger partial charge in [0, 0.05) is 58.4 Å². The fraction of sp³-hybridized carbons (Fsp3) is 0.327. The molecule has 2 aliphatic rings. The molecule has 83 heavy (non-hydrogen) atoms. The SMILES string of the molecule is CCNC(=O)Nc1ccccc1CS(=O)(=O)N1CCC(Nc2cccc(-c3sc(C(=O)OC(=O)c4sc(-c5cccc(N(C6CCNCC6)S(=O)(=O)Cc6ccccc6NS(C)(=O)=O)c5)cc4OCC(=O)O)c(OCC(=O)O)c3C)c2)CC1. The minimum atomic E-state index is -4.24. The lowest BCUT2D eigenvalue weighted by Crippen LogP contribution is -2.46. The van der Waals surface area contributed by atoms with Gasteiger partial charge in [-0.15, -0.1) is 22.7 Å². The topological polar surface area (TPSA) is 323 Å². The summed E-state index contributed by atoms with van der Waals surface area (Å²) < 4.78 is 103. The fourth-order valence-corrected chi connectivity index (χ4v) is 15.8. The highest BCUT2D eigenvalue weighted by Gasteiger charge is 2.35. The van der Waals surface area contributed by atoms with Crippen LogP contribution in [0.15, 0.2) is 103 Å². The molecule has 7 N–H and O–H groups in total. The lowest BCUT2D eigenvalue weighted by molar-refractivity contribution is -0.140. The molecular weight excluding hydrogens is 1170 g/mol. The smallest absolute Gasteiger partial charge is 0.360 e. The molecule has 2 saturated heterocycles. The van der Waals surface area contributed by atoms with Crippen LogP contribution in [0, 0.1) is 6.92 Å². The molecule has 23 nitrogen and oxygen atoms in total. The van der Waals surface area contributed by atoms with Crippen LogP contribution in [-0.2, 0) is 55.9 Å². The summed E-state index contributed by atoms with van der Waals surface area (Å²) >= 11 is 1.66. The maximum Gasteiger partial charge on any atom is 0.360 e. The predicted octanol–water partition coefficient (Wildman–Crippen LogP) is 7.38. The standard InChI is InChI=1S/C55H61N7O16S5/c1-4-57-55(69)59-43-17-7-5-11-37(43)32-82(72,73)61-25-21-39(22-26-61)58-40-15-9-14-36(27-40)50-34(2)49(77-31-48(65)66)52(80-50)54(68)78-53(67)51-45(76-30-47(63)64)29-46(79-51)35-13-10-16-42(28-35)62(41-19-23-56-24-20-41)83(74,75)33-38-12-6-8-18-44(38)60-81(3,70)71/h5-18,27-29,39,41,56,58,60H,4,19-26,30-33H2,1-3H3,(H,63,64)(H,65,66)(H2,57,59,69). The summed E-state index contributed by atoms with van der Waals surface area (Å²) in [6.45, 7) is 3.53. The van der Waals surface area contributed by atoms with Crippen LogP contribution in [-0.4, -0.2) is 134 Å². The number of hydrogen-bond donors (Lipinski definition) is 7. The summed E-state index contributed by atoms with van der Waals surface area (Å²) in [4.78, 5) is 64.3. The van der Waals surface area contributed by atoms with Crippen molar-refractivity contribution in [3.63, 3.8) is 0 Å². The van der Waals surface area contributed by atoms with Gasteiger partial charge in [0.1, 0.15) is 11.5 Å². The average molecular weight is 1240 g/mol. The summed E-state index contributed by atoms with van der Waals surface area (Å²) in [5, 5.41) is 31.2. The van der Waals surface area contributed by atoms with Crippen molar-refractivity contribution in [3.05, 3.63) is 130 Å². The monoisotopic (exact) mass is 1240 g/mol. The number of anilines is 4. The molecule has 4 heterocycles. The number of ether oxygens (including phenoxy) is 3. The molecule has 0 saturated carbocycles. The second kappa shape index (κ2) is 26.8. The number of carboxylic acids is 2. The van der Waals surface area contributed by atoms with E-state index in [0.717, 1.165) is 28.9 Å². The molecule has 442 valence electrons. The number of carboxylic acid groups (broad SMARTS) is 2. The second-order valence-electron chi connectivity index (χ2n) is 19.5. The third-order valence-electron chi connectivity index (χ3n) is 13.3. The summed E-state index contributed by atoms with van der Waals surface area (Å²) in [6.07, 6.45) is 2.78. The van der Waals surface area contributed by atoms with E-state index in [9.17, 15) is 59.4 Å². The number of carbonyl (C=O) groups excluding carboxylic acids is 3. The van der Waals surface area contributed by atoms with Gasteiger partial charge >= 0.3 is 29.9 Å². The molecular formula is C55H61N7O16S5. The minimum absolute atomic E-state index is 0.106. The molecule has 6 aromatic rings. The number of sulfonamides is 3. The van der Waals surface area contributed by atoms with Gasteiger partial charge in [0.25, 0.3) is 0 Å². The zero-order valence-corrected chi connectivity index (χ0v) is 49.3. The Bertz CT molecular complexity index is 3740. The van der Waals surface area contributed by atoms with Crippen molar-refractivity contribution in [2.45, 2.75) is 63.1 Å². The van der Waals surface area contributed by atoms with E-state index in [4.69, 9.17) is 14.2 Å². The van der Waals surface area contributed by atoms with Crippen molar-refractivity contribution in [3.8, 4) is 32.4 Å². The molecule has 2 aliphatic heterocycles. The number of benzene rings is 4. The van der Waals surface area contributed by atoms with Crippen LogP contribution in [0.1, 0.15) is 68.6 Å². The number of nitrogens with zero attached hydrogens (tertiary/aromatic N) is 2. The van der Waals surface area contributed by atoms with Crippen molar-refractivity contribution >= 4 is 105 Å². The van der Waals surface area contributed by atoms with Crippen LogP contribution in [0.2, 0.25) is 0 Å². The number of carbonyl (C=O) groups is 5. The lowest BCUT2D eigenvalue weighted by Gasteiger charge is -2.35. The molecule has 2 aromatic heterocycles. The van der Waals surface area contributed by atoms with Crippen LogP contribution in [0.3, 0.4) is 0 Å². The molecule has 0 spiro atoms. The Morgan fingerprint density at radius 2 is 1.35 bits per heavy atom. The molecule has 4 aromatic carbocycles. The summed E-state index contributed by atoms with van der Waals surface area (Å²) in [6, 6.07) is 26.7. The summed E-state index contributed by atoms with van der Waals surface area (Å²) in [7, 11) is -11.8. The Morgan fingerprint density at radius 1 is 0.723 bits per heavy atom. The number of esters is 2. The lowest BCUT2D eigenvalue weighted by atomic mass is 10.0. The molecule has 0 radical (unpaired) electrons. The number of amides is 2. The highest BCUT2D eigenvalue weighted by atomic mass is 32.2. The Kier molecular flexibility index (Phi) is 19.8. The number of hydrogen-bond acceptors (Lipinski definition) is 18. The van der Waals surface area contributed by atoms with Crippen LogP contribution in [0.4, 0.5) is 27.5 Å². The van der Waals surface area contributed by atoms with E-state index in [2.05, 4.69) is 26.0 Å². The maximum absolute atomic E-state index is 14.6. The third kappa shape index (κ3) is 15.9. The van der Waals surface area contributed by atoms with Gasteiger partial charge in [0.2, 0.25) is 30.1 Å². The van der Waals surface area contributed by atoms with Crippen molar-refractivity contribution in [2.24, 2.45) is 0 Å². The molecule has 0 aliphatic carbocycles. The van der Waals surface area contributed by atoms with Gasteiger partial charge in [-0.05, 0) is 117 Å². The first-order valence-electron chi connectivity index (χ1n) is 26.1. The van der Waals surface area contributed by atoms with Gasteiger partial charge in [0.05, 0.1) is 29.1 Å². The Labute approximate surface area is 488 Å². The van der Waals surface area contributed by atoms with Crippen LogP contribution < -0.4 is 39.8 Å². The highest BCUT2D eigenvalue weighted by molar-refractivity contribution is 7.92. The van der Waals surface area contributed by atoms with Crippen LogP contribution in [0.5, 0.6) is 11.5 Å². The molecule has 0 bridgehead atoms. The minimum Gasteiger partial charge on any atom is -0.480 e. The first-order chi connectivity index (χ1) is 39.5. The number of thiophene rings is 2. The first kappa shape index (κ1) is 61.5. The van der Waals surface area contributed by atoms with Crippen LogP contribution >= 0.6 is 22.7 Å². The van der Waals surface area contributed by atoms with Gasteiger partial charge < -0.3 is 45.7 Å². The van der Waals surface area contributed by atoms with E-state index in [-0.39, 0.29) is 63.1 Å².